The van der Waals surface area contributed by atoms with E-state index < -0.39 is 0 Å². The first kappa shape index (κ1) is 16.2. The Bertz CT molecular complexity index is 832. The zero-order chi connectivity index (χ0) is 17.4. The number of carbonyl (C=O) groups is 2. The first-order valence-electron chi connectivity index (χ1n) is 8.49. The van der Waals surface area contributed by atoms with Crippen molar-refractivity contribution >= 4 is 34.0 Å². The normalized spacial score (nSPS) is 17.6. The fraction of sp³-hybridized carbons (Fsp3) is 0.389. The molecule has 0 bridgehead atoms. The number of hydrogen-bond acceptors (Lipinski definition) is 5. The van der Waals surface area contributed by atoms with E-state index in [2.05, 4.69) is 22.2 Å². The van der Waals surface area contributed by atoms with Crippen LogP contribution in [0.2, 0.25) is 0 Å². The number of fused-ring (bicyclic) bond motifs is 1. The van der Waals surface area contributed by atoms with Crippen molar-refractivity contribution in [3.05, 3.63) is 40.4 Å². The first-order valence-corrected chi connectivity index (χ1v) is 9.31. The molecule has 130 valence electrons. The smallest absolute Gasteiger partial charge is 0.257 e. The average Bonchev–Trinajstić information content (AvgIpc) is 3.20. The Morgan fingerprint density at radius 3 is 2.96 bits per heavy atom. The highest BCUT2D eigenvalue weighted by atomic mass is 32.1. The Balaban J connectivity index is 1.51. The molecule has 0 radical (unpaired) electrons. The van der Waals surface area contributed by atoms with Gasteiger partial charge < -0.3 is 9.80 Å². The molecule has 6 nitrogen and oxygen atoms in total. The van der Waals surface area contributed by atoms with Gasteiger partial charge in [-0.1, -0.05) is 6.07 Å². The summed E-state index contributed by atoms with van der Waals surface area (Å²) in [6.45, 7) is 2.60. The van der Waals surface area contributed by atoms with Crippen LogP contribution in [0.15, 0.2) is 24.3 Å². The number of hydrogen-bond donors (Lipinski definition) is 1. The van der Waals surface area contributed by atoms with E-state index in [0.717, 1.165) is 43.9 Å². The van der Waals surface area contributed by atoms with Crippen LogP contribution in [-0.2, 0) is 17.8 Å². The van der Waals surface area contributed by atoms with Gasteiger partial charge in [-0.05, 0) is 31.7 Å². The number of amides is 2. The van der Waals surface area contributed by atoms with Gasteiger partial charge in [0.05, 0.1) is 5.69 Å². The van der Waals surface area contributed by atoms with Gasteiger partial charge in [-0.25, -0.2) is 4.98 Å². The largest absolute Gasteiger partial charge is 0.312 e. The topological polar surface area (TPSA) is 65.5 Å². The zero-order valence-electron chi connectivity index (χ0n) is 14.1. The molecule has 0 atom stereocenters. The van der Waals surface area contributed by atoms with E-state index in [1.807, 2.05) is 12.1 Å². The van der Waals surface area contributed by atoms with E-state index >= 15 is 0 Å². The van der Waals surface area contributed by atoms with Crippen molar-refractivity contribution in [2.75, 3.05) is 30.4 Å². The quantitative estimate of drug-likeness (QED) is 0.918. The highest BCUT2D eigenvalue weighted by Gasteiger charge is 2.23. The van der Waals surface area contributed by atoms with Crippen LogP contribution < -0.4 is 10.2 Å². The van der Waals surface area contributed by atoms with Gasteiger partial charge in [-0.2, -0.15) is 0 Å². The van der Waals surface area contributed by atoms with Gasteiger partial charge in [0.1, 0.15) is 0 Å². The number of nitrogens with zero attached hydrogens (tertiary/aromatic N) is 3. The fourth-order valence-corrected chi connectivity index (χ4v) is 4.37. The third-order valence-electron chi connectivity index (χ3n) is 4.64. The molecule has 1 aromatic carbocycles. The van der Waals surface area contributed by atoms with Gasteiger partial charge in [0.2, 0.25) is 5.91 Å². The van der Waals surface area contributed by atoms with Gasteiger partial charge in [0.15, 0.2) is 5.13 Å². The van der Waals surface area contributed by atoms with Crippen molar-refractivity contribution in [2.24, 2.45) is 0 Å². The van der Waals surface area contributed by atoms with Crippen molar-refractivity contribution < 1.29 is 9.59 Å². The van der Waals surface area contributed by atoms with E-state index in [1.165, 1.54) is 4.88 Å². The van der Waals surface area contributed by atoms with E-state index in [0.29, 0.717) is 17.1 Å². The third kappa shape index (κ3) is 3.29. The molecule has 3 heterocycles. The molecular formula is C18H20N4O2S. The molecule has 2 aliphatic heterocycles. The van der Waals surface area contributed by atoms with Crippen LogP contribution in [0.4, 0.5) is 10.8 Å². The predicted molar refractivity (Wildman–Crippen MR) is 98.1 cm³/mol. The monoisotopic (exact) mass is 356 g/mol. The summed E-state index contributed by atoms with van der Waals surface area (Å²) in [4.78, 5) is 34.3. The van der Waals surface area contributed by atoms with Gasteiger partial charge in [-0.3, -0.25) is 14.9 Å². The van der Waals surface area contributed by atoms with Crippen LogP contribution in [-0.4, -0.2) is 41.8 Å². The summed E-state index contributed by atoms with van der Waals surface area (Å²) in [5.41, 5.74) is 2.42. The highest BCUT2D eigenvalue weighted by molar-refractivity contribution is 7.15. The van der Waals surface area contributed by atoms with Crippen molar-refractivity contribution in [2.45, 2.75) is 25.8 Å². The number of thiazole rings is 1. The molecule has 0 spiro atoms. The van der Waals surface area contributed by atoms with E-state index in [1.54, 1.807) is 28.4 Å². The Morgan fingerprint density at radius 1 is 1.28 bits per heavy atom. The summed E-state index contributed by atoms with van der Waals surface area (Å²) in [6, 6.07) is 7.23. The molecule has 0 saturated carbocycles. The second kappa shape index (κ2) is 6.57. The predicted octanol–water partition coefficient (Wildman–Crippen LogP) is 2.51. The lowest BCUT2D eigenvalue weighted by molar-refractivity contribution is -0.117. The maximum absolute atomic E-state index is 12.6. The number of carbonyl (C=O) groups excluding carboxylic acids is 2. The maximum atomic E-state index is 12.6. The van der Waals surface area contributed by atoms with E-state index in [4.69, 9.17) is 0 Å². The van der Waals surface area contributed by atoms with Crippen LogP contribution in [0.5, 0.6) is 0 Å². The molecule has 1 N–H and O–H groups in total. The number of likely N-dealkylation sites (N-methyl/N-ethyl adjacent to an activating group) is 1. The van der Waals surface area contributed by atoms with Crippen LogP contribution in [0.1, 0.15) is 33.8 Å². The van der Waals surface area contributed by atoms with Crippen LogP contribution >= 0.6 is 11.3 Å². The standard InChI is InChI=1S/C18H20N4O2S/c1-21-9-7-14-15(11-21)25-18(19-14)20-17(24)12-4-2-5-13(10-12)22-8-3-6-16(22)23/h2,4-5,10H,3,6-9,11H2,1H3,(H,19,20,24). The summed E-state index contributed by atoms with van der Waals surface area (Å²) in [6.07, 6.45) is 2.37. The third-order valence-corrected chi connectivity index (χ3v) is 5.63. The molecule has 0 unspecified atom stereocenters. The summed E-state index contributed by atoms with van der Waals surface area (Å²) in [7, 11) is 2.09. The van der Waals surface area contributed by atoms with Gasteiger partial charge in [-0.15, -0.1) is 11.3 Å². The highest BCUT2D eigenvalue weighted by Crippen LogP contribution is 2.28. The molecule has 2 amide bonds. The SMILES string of the molecule is CN1CCc2nc(NC(=O)c3cccc(N4CCCC4=O)c3)sc2C1. The summed E-state index contributed by atoms with van der Waals surface area (Å²) in [5, 5.41) is 3.55. The molecule has 1 fully saturated rings. The first-order chi connectivity index (χ1) is 12.1. The van der Waals surface area contributed by atoms with Crippen LogP contribution in [0, 0.1) is 0 Å². The van der Waals surface area contributed by atoms with Crippen LogP contribution in [0.3, 0.4) is 0 Å². The zero-order valence-corrected chi connectivity index (χ0v) is 14.9. The van der Waals surface area contributed by atoms with E-state index in [9.17, 15) is 9.59 Å². The fourth-order valence-electron chi connectivity index (χ4n) is 3.28. The second-order valence-electron chi connectivity index (χ2n) is 6.53. The van der Waals surface area contributed by atoms with Gasteiger partial charge in [0.25, 0.3) is 5.91 Å². The molecule has 2 aliphatic rings. The second-order valence-corrected chi connectivity index (χ2v) is 7.61. The lowest BCUT2D eigenvalue weighted by Gasteiger charge is -2.20. The maximum Gasteiger partial charge on any atom is 0.257 e. The Morgan fingerprint density at radius 2 is 2.16 bits per heavy atom. The lowest BCUT2D eigenvalue weighted by atomic mass is 10.2. The van der Waals surface area contributed by atoms with Crippen molar-refractivity contribution in [3.63, 3.8) is 0 Å². The van der Waals surface area contributed by atoms with Gasteiger partial charge >= 0.3 is 0 Å². The molecule has 1 saturated heterocycles. The Labute approximate surface area is 150 Å². The summed E-state index contributed by atoms with van der Waals surface area (Å²) < 4.78 is 0. The Kier molecular flexibility index (Phi) is 4.27. The molecular weight excluding hydrogens is 336 g/mol. The minimum absolute atomic E-state index is 0.120. The molecule has 4 rings (SSSR count). The molecule has 25 heavy (non-hydrogen) atoms. The lowest BCUT2D eigenvalue weighted by Crippen LogP contribution is -2.25. The minimum Gasteiger partial charge on any atom is -0.312 e. The molecule has 2 aromatic rings. The number of aromatic nitrogens is 1. The number of nitrogens with one attached hydrogen (secondary N) is 1. The summed E-state index contributed by atoms with van der Waals surface area (Å²) in [5.74, 6) is -0.0674. The summed E-state index contributed by atoms with van der Waals surface area (Å²) >= 11 is 1.54. The molecule has 7 heteroatoms. The van der Waals surface area contributed by atoms with Crippen LogP contribution in [0.25, 0.3) is 0 Å². The number of anilines is 2. The van der Waals surface area contributed by atoms with Gasteiger partial charge in [0, 0.05) is 48.6 Å². The number of benzene rings is 1. The molecule has 0 aliphatic carbocycles. The van der Waals surface area contributed by atoms with Crippen molar-refractivity contribution in [1.29, 1.82) is 0 Å². The average molecular weight is 356 g/mol. The Hall–Kier alpha value is -2.25. The minimum atomic E-state index is -0.187. The van der Waals surface area contributed by atoms with E-state index in [-0.39, 0.29) is 11.8 Å². The van der Waals surface area contributed by atoms with Crippen molar-refractivity contribution in [3.8, 4) is 0 Å². The molecule has 1 aromatic heterocycles. The van der Waals surface area contributed by atoms with Crippen molar-refractivity contribution in [1.82, 2.24) is 9.88 Å². The number of rotatable bonds is 3.